The Morgan fingerprint density at radius 2 is 1.45 bits per heavy atom. The summed E-state index contributed by atoms with van der Waals surface area (Å²) in [5.41, 5.74) is 2.90. The highest BCUT2D eigenvalue weighted by Gasteiger charge is 2.29. The topological polar surface area (TPSA) is 21.7 Å². The van der Waals surface area contributed by atoms with Gasteiger partial charge in [-0.05, 0) is 43.2 Å². The van der Waals surface area contributed by atoms with Gasteiger partial charge in [0.05, 0.1) is 0 Å². The van der Waals surface area contributed by atoms with Gasteiger partial charge in [-0.2, -0.15) is 0 Å². The summed E-state index contributed by atoms with van der Waals surface area (Å²) in [6, 6.07) is 10.4. The lowest BCUT2D eigenvalue weighted by atomic mass is 9.98. The molecule has 1 aromatic carbocycles. The fraction of sp³-hybridized carbons (Fsp3) is 0.684. The Labute approximate surface area is 134 Å². The Morgan fingerprint density at radius 1 is 0.909 bits per heavy atom. The predicted molar refractivity (Wildman–Crippen MR) is 89.0 cm³/mol. The van der Waals surface area contributed by atoms with Gasteiger partial charge in [0.25, 0.3) is 0 Å². The molecule has 0 aliphatic carbocycles. The molecule has 0 radical (unpaired) electrons. The number of nitrogens with zero attached hydrogens (tertiary/aromatic N) is 1. The van der Waals surface area contributed by atoms with Crippen molar-refractivity contribution in [3.63, 3.8) is 0 Å². The highest BCUT2D eigenvalue weighted by Crippen LogP contribution is 2.25. The fourth-order valence-electron chi connectivity index (χ4n) is 3.75. The zero-order valence-corrected chi connectivity index (χ0v) is 13.8. The highest BCUT2D eigenvalue weighted by molar-refractivity contribution is 5.23. The maximum Gasteiger partial charge on any atom is 0.0480 e. The smallest absolute Gasteiger partial charge is 0.0480 e. The first-order valence-electron chi connectivity index (χ1n) is 8.86. The molecule has 0 aromatic heterocycles. The maximum absolute atomic E-state index is 5.57. The number of benzene rings is 1. The fourth-order valence-corrected chi connectivity index (χ4v) is 3.75. The van der Waals surface area contributed by atoms with Gasteiger partial charge in [-0.3, -0.25) is 4.90 Å². The first-order valence-corrected chi connectivity index (χ1v) is 8.86. The zero-order chi connectivity index (χ0) is 15.2. The minimum atomic E-state index is 0.669. The standard InChI is InChI=1S/C19H29NO2/c1-2-16-4-3-5-17(14-16)15-20(18-6-10-21-11-7-18)19-8-12-22-13-9-19/h3-5,14,18-19H,2,6-13,15H2,1H3. The van der Waals surface area contributed by atoms with Gasteiger partial charge in [0.1, 0.15) is 0 Å². The summed E-state index contributed by atoms with van der Waals surface area (Å²) in [6.07, 6.45) is 5.80. The monoisotopic (exact) mass is 303 g/mol. The van der Waals surface area contributed by atoms with Crippen LogP contribution in [0.4, 0.5) is 0 Å². The quantitative estimate of drug-likeness (QED) is 0.832. The average Bonchev–Trinajstić information content (AvgIpc) is 2.61. The first-order chi connectivity index (χ1) is 10.9. The molecule has 3 heteroatoms. The van der Waals surface area contributed by atoms with Crippen molar-refractivity contribution in [3.8, 4) is 0 Å². The van der Waals surface area contributed by atoms with Crippen LogP contribution in [0.5, 0.6) is 0 Å². The van der Waals surface area contributed by atoms with Gasteiger partial charge in [-0.15, -0.1) is 0 Å². The molecule has 3 rings (SSSR count). The lowest BCUT2D eigenvalue weighted by Gasteiger charge is -2.41. The van der Waals surface area contributed by atoms with Crippen molar-refractivity contribution in [1.29, 1.82) is 0 Å². The van der Waals surface area contributed by atoms with Gasteiger partial charge in [-0.25, -0.2) is 0 Å². The lowest BCUT2D eigenvalue weighted by molar-refractivity contribution is -0.0228. The van der Waals surface area contributed by atoms with E-state index in [4.69, 9.17) is 9.47 Å². The second-order valence-corrected chi connectivity index (χ2v) is 6.53. The molecule has 1 aromatic rings. The Kier molecular flexibility index (Phi) is 5.88. The molecule has 0 spiro atoms. The summed E-state index contributed by atoms with van der Waals surface area (Å²) in [5, 5.41) is 0. The lowest BCUT2D eigenvalue weighted by Crippen LogP contribution is -2.47. The van der Waals surface area contributed by atoms with Crippen molar-refractivity contribution in [2.75, 3.05) is 26.4 Å². The molecule has 0 saturated carbocycles. The summed E-state index contributed by atoms with van der Waals surface area (Å²) >= 11 is 0. The molecule has 0 atom stereocenters. The van der Waals surface area contributed by atoms with Crippen LogP contribution in [0.1, 0.15) is 43.7 Å². The van der Waals surface area contributed by atoms with E-state index >= 15 is 0 Å². The Morgan fingerprint density at radius 3 is 2.00 bits per heavy atom. The van der Waals surface area contributed by atoms with Crippen molar-refractivity contribution >= 4 is 0 Å². The molecular formula is C19H29NO2. The van der Waals surface area contributed by atoms with Crippen molar-refractivity contribution in [2.45, 2.75) is 57.7 Å². The highest BCUT2D eigenvalue weighted by atomic mass is 16.5. The van der Waals surface area contributed by atoms with Crippen LogP contribution >= 0.6 is 0 Å². The third-order valence-electron chi connectivity index (χ3n) is 5.08. The Bertz CT molecular complexity index is 433. The number of hydrogen-bond acceptors (Lipinski definition) is 3. The second kappa shape index (κ2) is 8.09. The number of ether oxygens (including phenoxy) is 2. The van der Waals surface area contributed by atoms with Crippen molar-refractivity contribution in [3.05, 3.63) is 35.4 Å². The molecule has 2 heterocycles. The molecule has 2 aliphatic rings. The van der Waals surface area contributed by atoms with Crippen molar-refractivity contribution < 1.29 is 9.47 Å². The molecule has 0 amide bonds. The summed E-state index contributed by atoms with van der Waals surface area (Å²) in [7, 11) is 0. The van der Waals surface area contributed by atoms with E-state index in [0.717, 1.165) is 39.4 Å². The number of aryl methyl sites for hydroxylation is 1. The van der Waals surface area contributed by atoms with E-state index in [1.54, 1.807) is 0 Å². The van der Waals surface area contributed by atoms with Crippen LogP contribution in [-0.2, 0) is 22.4 Å². The largest absolute Gasteiger partial charge is 0.381 e. The van der Waals surface area contributed by atoms with Crippen LogP contribution in [-0.4, -0.2) is 43.4 Å². The molecule has 0 N–H and O–H groups in total. The predicted octanol–water partition coefficient (Wildman–Crippen LogP) is 3.41. The van der Waals surface area contributed by atoms with Gasteiger partial charge in [0, 0.05) is 45.1 Å². The van der Waals surface area contributed by atoms with E-state index in [2.05, 4.69) is 36.1 Å². The van der Waals surface area contributed by atoms with E-state index in [0.29, 0.717) is 12.1 Å². The molecule has 3 nitrogen and oxygen atoms in total. The van der Waals surface area contributed by atoms with Gasteiger partial charge in [-0.1, -0.05) is 31.2 Å². The zero-order valence-electron chi connectivity index (χ0n) is 13.8. The minimum Gasteiger partial charge on any atom is -0.381 e. The van der Waals surface area contributed by atoms with Crippen LogP contribution < -0.4 is 0 Å². The molecule has 2 fully saturated rings. The van der Waals surface area contributed by atoms with Gasteiger partial charge in [0.2, 0.25) is 0 Å². The van der Waals surface area contributed by atoms with Crippen LogP contribution in [0.15, 0.2) is 24.3 Å². The van der Waals surface area contributed by atoms with Gasteiger partial charge < -0.3 is 9.47 Å². The molecule has 22 heavy (non-hydrogen) atoms. The van der Waals surface area contributed by atoms with E-state index < -0.39 is 0 Å². The Balaban J connectivity index is 1.74. The molecule has 2 aliphatic heterocycles. The first kappa shape index (κ1) is 16.0. The summed E-state index contributed by atoms with van der Waals surface area (Å²) in [6.45, 7) is 6.97. The normalized spacial score (nSPS) is 21.4. The van der Waals surface area contributed by atoms with Crippen LogP contribution in [0.3, 0.4) is 0 Å². The maximum atomic E-state index is 5.57. The minimum absolute atomic E-state index is 0.669. The van der Waals surface area contributed by atoms with E-state index in [1.165, 1.54) is 36.8 Å². The number of hydrogen-bond donors (Lipinski definition) is 0. The van der Waals surface area contributed by atoms with Crippen molar-refractivity contribution in [1.82, 2.24) is 4.90 Å². The average molecular weight is 303 g/mol. The molecule has 2 saturated heterocycles. The third kappa shape index (κ3) is 4.09. The van der Waals surface area contributed by atoms with Crippen LogP contribution in [0, 0.1) is 0 Å². The summed E-state index contributed by atoms with van der Waals surface area (Å²) in [4.78, 5) is 2.75. The number of rotatable bonds is 5. The van der Waals surface area contributed by atoms with Crippen LogP contribution in [0.25, 0.3) is 0 Å². The van der Waals surface area contributed by atoms with Crippen LogP contribution in [0.2, 0.25) is 0 Å². The Hall–Kier alpha value is -0.900. The summed E-state index contributed by atoms with van der Waals surface area (Å²) < 4.78 is 11.1. The summed E-state index contributed by atoms with van der Waals surface area (Å²) in [5.74, 6) is 0. The van der Waals surface area contributed by atoms with Gasteiger partial charge >= 0.3 is 0 Å². The van der Waals surface area contributed by atoms with E-state index in [-0.39, 0.29) is 0 Å². The molecule has 0 unspecified atom stereocenters. The molecule has 0 bridgehead atoms. The van der Waals surface area contributed by atoms with Crippen molar-refractivity contribution in [2.24, 2.45) is 0 Å². The third-order valence-corrected chi connectivity index (χ3v) is 5.08. The van der Waals surface area contributed by atoms with Gasteiger partial charge in [0.15, 0.2) is 0 Å². The van der Waals surface area contributed by atoms with E-state index in [9.17, 15) is 0 Å². The molecular weight excluding hydrogens is 274 g/mol. The second-order valence-electron chi connectivity index (χ2n) is 6.53. The SMILES string of the molecule is CCc1cccc(CN(C2CCOCC2)C2CCOCC2)c1. The molecule has 122 valence electrons. The van der Waals surface area contributed by atoms with E-state index in [1.807, 2.05) is 0 Å².